The number of halogens is 1. The van der Waals surface area contributed by atoms with Crippen molar-refractivity contribution in [1.29, 1.82) is 0 Å². The summed E-state index contributed by atoms with van der Waals surface area (Å²) in [4.78, 5) is 0. The molecule has 0 aliphatic rings. The average Bonchev–Trinajstić information content (AvgIpc) is 2.19. The summed E-state index contributed by atoms with van der Waals surface area (Å²) >= 11 is 3.42. The van der Waals surface area contributed by atoms with Crippen LogP contribution in [0.2, 0.25) is 0 Å². The maximum absolute atomic E-state index is 5.96. The lowest BCUT2D eigenvalue weighted by atomic mass is 10.1. The molecule has 84 valence electrons. The van der Waals surface area contributed by atoms with Crippen molar-refractivity contribution in [1.82, 2.24) is 0 Å². The minimum Gasteiger partial charge on any atom is -0.354 e. The Morgan fingerprint density at radius 3 is 2.53 bits per heavy atom. The van der Waals surface area contributed by atoms with Gasteiger partial charge in [0, 0.05) is 18.7 Å². The molecule has 1 unspecified atom stereocenters. The molecular weight excluding hydrogens is 258 g/mol. The highest BCUT2D eigenvalue weighted by Gasteiger charge is 2.16. The van der Waals surface area contributed by atoms with Gasteiger partial charge in [0.15, 0.2) is 6.29 Å². The first-order valence-corrected chi connectivity index (χ1v) is 5.52. The van der Waals surface area contributed by atoms with Crippen molar-refractivity contribution in [3.8, 4) is 0 Å². The van der Waals surface area contributed by atoms with Gasteiger partial charge < -0.3 is 15.2 Å². The second-order valence-electron chi connectivity index (χ2n) is 3.34. The predicted molar refractivity (Wildman–Crippen MR) is 63.6 cm³/mol. The Balaban J connectivity index is 2.61. The average molecular weight is 274 g/mol. The molecule has 15 heavy (non-hydrogen) atoms. The number of ether oxygens (including phenoxy) is 2. The van der Waals surface area contributed by atoms with Crippen LogP contribution in [0, 0.1) is 0 Å². The highest BCUT2D eigenvalue weighted by molar-refractivity contribution is 9.10. The minimum atomic E-state index is -0.357. The quantitative estimate of drug-likeness (QED) is 0.834. The third-order valence-electron chi connectivity index (χ3n) is 2.17. The van der Waals surface area contributed by atoms with Crippen LogP contribution in [0.25, 0.3) is 0 Å². The molecule has 2 N–H and O–H groups in total. The van der Waals surface area contributed by atoms with Crippen molar-refractivity contribution >= 4 is 15.9 Å². The summed E-state index contributed by atoms with van der Waals surface area (Å²) in [5.41, 5.74) is 7.12. The van der Waals surface area contributed by atoms with Crippen LogP contribution in [0.3, 0.4) is 0 Å². The molecule has 0 amide bonds. The minimum absolute atomic E-state index is 0.158. The van der Waals surface area contributed by atoms with Gasteiger partial charge in [-0.3, -0.25) is 0 Å². The van der Waals surface area contributed by atoms with Crippen molar-refractivity contribution in [2.45, 2.75) is 18.8 Å². The SMILES string of the molecule is COC(OC)C(N)Cc1cccc(Br)c1. The molecule has 0 aliphatic heterocycles. The largest absolute Gasteiger partial charge is 0.354 e. The highest BCUT2D eigenvalue weighted by atomic mass is 79.9. The van der Waals surface area contributed by atoms with Gasteiger partial charge in [0.2, 0.25) is 0 Å². The number of nitrogens with two attached hydrogens (primary N) is 1. The first-order valence-electron chi connectivity index (χ1n) is 4.73. The third-order valence-corrected chi connectivity index (χ3v) is 2.67. The summed E-state index contributed by atoms with van der Waals surface area (Å²) in [6, 6.07) is 7.89. The number of hydrogen-bond donors (Lipinski definition) is 1. The lowest BCUT2D eigenvalue weighted by Gasteiger charge is -2.20. The Bertz CT molecular complexity index is 302. The number of methoxy groups -OCH3 is 2. The molecule has 0 spiro atoms. The molecule has 1 aromatic carbocycles. The Morgan fingerprint density at radius 2 is 2.00 bits per heavy atom. The fraction of sp³-hybridized carbons (Fsp3) is 0.455. The summed E-state index contributed by atoms with van der Waals surface area (Å²) in [5, 5.41) is 0. The molecule has 1 rings (SSSR count). The summed E-state index contributed by atoms with van der Waals surface area (Å²) in [6.45, 7) is 0. The van der Waals surface area contributed by atoms with Crippen LogP contribution in [-0.2, 0) is 15.9 Å². The summed E-state index contributed by atoms with van der Waals surface area (Å²) < 4.78 is 11.3. The topological polar surface area (TPSA) is 44.5 Å². The van der Waals surface area contributed by atoms with Gasteiger partial charge in [0.1, 0.15) is 0 Å². The van der Waals surface area contributed by atoms with Gasteiger partial charge in [-0.25, -0.2) is 0 Å². The molecule has 0 aliphatic carbocycles. The highest BCUT2D eigenvalue weighted by Crippen LogP contribution is 2.14. The standard InChI is InChI=1S/C11H16BrNO2/c1-14-11(15-2)10(13)7-8-4-3-5-9(12)6-8/h3-6,10-11H,7,13H2,1-2H3. The van der Waals surface area contributed by atoms with E-state index in [0.717, 1.165) is 16.5 Å². The van der Waals surface area contributed by atoms with Crippen LogP contribution >= 0.6 is 15.9 Å². The summed E-state index contributed by atoms with van der Waals surface area (Å²) in [5.74, 6) is 0. The molecule has 0 saturated heterocycles. The van der Waals surface area contributed by atoms with Crippen LogP contribution in [0.5, 0.6) is 0 Å². The van der Waals surface area contributed by atoms with Gasteiger partial charge >= 0.3 is 0 Å². The monoisotopic (exact) mass is 273 g/mol. The van der Waals surface area contributed by atoms with E-state index in [1.54, 1.807) is 14.2 Å². The molecule has 1 atom stereocenters. The van der Waals surface area contributed by atoms with Crippen LogP contribution in [0.15, 0.2) is 28.7 Å². The second kappa shape index (κ2) is 6.23. The normalized spacial score (nSPS) is 13.1. The molecule has 3 nitrogen and oxygen atoms in total. The lowest BCUT2D eigenvalue weighted by molar-refractivity contribution is -0.115. The van der Waals surface area contributed by atoms with Crippen LogP contribution in [0.1, 0.15) is 5.56 Å². The van der Waals surface area contributed by atoms with Crippen LogP contribution < -0.4 is 5.73 Å². The third kappa shape index (κ3) is 3.91. The number of benzene rings is 1. The van der Waals surface area contributed by atoms with E-state index in [0.29, 0.717) is 0 Å². The zero-order valence-corrected chi connectivity index (χ0v) is 10.5. The van der Waals surface area contributed by atoms with Crippen LogP contribution in [0.4, 0.5) is 0 Å². The van der Waals surface area contributed by atoms with E-state index >= 15 is 0 Å². The summed E-state index contributed by atoms with van der Waals surface area (Å²) in [6.07, 6.45) is 0.371. The molecule has 0 radical (unpaired) electrons. The Labute approximate surface area is 98.7 Å². The van der Waals surface area contributed by atoms with E-state index in [-0.39, 0.29) is 12.3 Å². The van der Waals surface area contributed by atoms with Gasteiger partial charge in [-0.05, 0) is 24.1 Å². The molecule has 4 heteroatoms. The zero-order chi connectivity index (χ0) is 11.3. The molecule has 0 aromatic heterocycles. The van der Waals surface area contributed by atoms with Crippen molar-refractivity contribution < 1.29 is 9.47 Å². The van der Waals surface area contributed by atoms with E-state index in [1.165, 1.54) is 0 Å². The molecule has 0 heterocycles. The molecule has 1 aromatic rings. The number of hydrogen-bond acceptors (Lipinski definition) is 3. The maximum atomic E-state index is 5.96. The van der Waals surface area contributed by atoms with Crippen molar-refractivity contribution in [3.63, 3.8) is 0 Å². The van der Waals surface area contributed by atoms with Gasteiger partial charge in [0.05, 0.1) is 6.04 Å². The van der Waals surface area contributed by atoms with Crippen molar-refractivity contribution in [2.24, 2.45) is 5.73 Å². The van der Waals surface area contributed by atoms with Crippen molar-refractivity contribution in [3.05, 3.63) is 34.3 Å². The first kappa shape index (κ1) is 12.6. The Hall–Kier alpha value is -0.420. The van der Waals surface area contributed by atoms with E-state index in [1.807, 2.05) is 24.3 Å². The first-order chi connectivity index (χ1) is 7.17. The molecular formula is C11H16BrNO2. The van der Waals surface area contributed by atoms with Gasteiger partial charge in [0.25, 0.3) is 0 Å². The zero-order valence-electron chi connectivity index (χ0n) is 8.94. The molecule has 0 saturated carbocycles. The van der Waals surface area contributed by atoms with Gasteiger partial charge in [-0.2, -0.15) is 0 Å². The number of rotatable bonds is 5. The lowest BCUT2D eigenvalue weighted by Crippen LogP contribution is -2.39. The van der Waals surface area contributed by atoms with Gasteiger partial charge in [-0.1, -0.05) is 28.1 Å². The van der Waals surface area contributed by atoms with E-state index in [9.17, 15) is 0 Å². The van der Waals surface area contributed by atoms with Crippen molar-refractivity contribution in [2.75, 3.05) is 14.2 Å². The fourth-order valence-corrected chi connectivity index (χ4v) is 1.92. The second-order valence-corrected chi connectivity index (χ2v) is 4.25. The smallest absolute Gasteiger partial charge is 0.172 e. The molecule has 0 fully saturated rings. The maximum Gasteiger partial charge on any atom is 0.172 e. The predicted octanol–water partition coefficient (Wildman–Crippen LogP) is 1.94. The van der Waals surface area contributed by atoms with E-state index in [2.05, 4.69) is 15.9 Å². The molecule has 0 bridgehead atoms. The van der Waals surface area contributed by atoms with E-state index in [4.69, 9.17) is 15.2 Å². The summed E-state index contributed by atoms with van der Waals surface area (Å²) in [7, 11) is 3.18. The fourth-order valence-electron chi connectivity index (χ4n) is 1.48. The van der Waals surface area contributed by atoms with E-state index < -0.39 is 0 Å². The van der Waals surface area contributed by atoms with Gasteiger partial charge in [-0.15, -0.1) is 0 Å². The Kier molecular flexibility index (Phi) is 5.25. The van der Waals surface area contributed by atoms with Crippen LogP contribution in [-0.4, -0.2) is 26.6 Å². The Morgan fingerprint density at radius 1 is 1.33 bits per heavy atom.